The quantitative estimate of drug-likeness (QED) is 0.144. The molecule has 0 aliphatic heterocycles. The van der Waals surface area contributed by atoms with Gasteiger partial charge in [-0.3, -0.25) is 4.79 Å². The zero-order valence-electron chi connectivity index (χ0n) is 32.2. The van der Waals surface area contributed by atoms with Gasteiger partial charge in [0.2, 0.25) is 5.78 Å². The maximum absolute atomic E-state index is 14.3. The lowest BCUT2D eigenvalue weighted by Crippen LogP contribution is -2.54. The van der Waals surface area contributed by atoms with E-state index in [1.807, 2.05) is 25.1 Å². The Labute approximate surface area is 310 Å². The number of thiophene rings is 1. The Morgan fingerprint density at radius 3 is 2.57 bits per heavy atom. The average Bonchev–Trinajstić information content (AvgIpc) is 3.62. The largest absolute Gasteiger partial charge is 0.446 e. The van der Waals surface area contributed by atoms with Gasteiger partial charge in [0.05, 0.1) is 23.1 Å². The van der Waals surface area contributed by atoms with E-state index in [-0.39, 0.29) is 30.4 Å². The van der Waals surface area contributed by atoms with Crippen LogP contribution in [0.4, 0.5) is 4.79 Å². The maximum atomic E-state index is 14.3. The predicted molar refractivity (Wildman–Crippen MR) is 206 cm³/mol. The number of benzene rings is 1. The van der Waals surface area contributed by atoms with Crippen molar-refractivity contribution in [3.8, 4) is 0 Å². The smallest absolute Gasteiger partial charge is 0.410 e. The molecule has 1 heterocycles. The molecule has 2 aromatic rings. The summed E-state index contributed by atoms with van der Waals surface area (Å²) < 4.78 is 11.8. The number of aliphatic hydroxyl groups excluding tert-OH is 1. The van der Waals surface area contributed by atoms with Crippen LogP contribution >= 0.6 is 11.3 Å². The van der Waals surface area contributed by atoms with Crippen molar-refractivity contribution in [1.82, 2.24) is 4.90 Å². The van der Waals surface area contributed by atoms with Gasteiger partial charge in [-0.2, -0.15) is 0 Å². The zero-order valence-corrected chi connectivity index (χ0v) is 33.0. The van der Waals surface area contributed by atoms with E-state index >= 15 is 0 Å². The number of hydrogen-bond donors (Lipinski definition) is 2. The average molecular weight is 722 g/mol. The lowest BCUT2D eigenvalue weighted by molar-refractivity contribution is -0.0868. The first-order valence-corrected chi connectivity index (χ1v) is 20.3. The Morgan fingerprint density at radius 2 is 1.86 bits per heavy atom. The van der Waals surface area contributed by atoms with Gasteiger partial charge in [0, 0.05) is 36.1 Å². The summed E-state index contributed by atoms with van der Waals surface area (Å²) in [6.07, 6.45) is 9.57. The first kappa shape index (κ1) is 39.7. The molecule has 1 aromatic heterocycles. The second-order valence-corrected chi connectivity index (χ2v) is 18.0. The molecule has 7 nitrogen and oxygen atoms in total. The molecule has 2 N–H and O–H groups in total. The Hall–Kier alpha value is -2.52. The third-order valence-electron chi connectivity index (χ3n) is 12.6. The van der Waals surface area contributed by atoms with Gasteiger partial charge < -0.3 is 24.6 Å². The standard InChI is InChI=1S/C43H63NO6S/c1-28(2)34-16-12-30(4)24-38(34)50-41(47)44(22-9-23-49-7)27-43(48)21-19-37-35-17-14-32(26-36(35)40(46)39-18-13-31(5)51-39)25-33(45)15-11-29(3)10-8-20-42(37,43)6/h10,13-14,17-18,26,28,30,33-34,37-38,45,48H,8-9,11-12,15-16,19-25,27H2,1-7H3. The Bertz CT molecular complexity index is 1530. The summed E-state index contributed by atoms with van der Waals surface area (Å²) in [4.78, 5) is 32.0. The highest BCUT2D eigenvalue weighted by Crippen LogP contribution is 2.59. The van der Waals surface area contributed by atoms with E-state index in [0.717, 1.165) is 48.1 Å². The number of ketones is 1. The van der Waals surface area contributed by atoms with Crippen LogP contribution in [-0.2, 0) is 15.9 Å². The minimum Gasteiger partial charge on any atom is -0.446 e. The van der Waals surface area contributed by atoms with Crippen LogP contribution in [0, 0.1) is 30.1 Å². The SMILES string of the molecule is COCCCN(CC1(O)CCC2c3ccc(cc3C(=O)c3ccc(C)s3)CC(O)CCC(C)=CCCC21C)C(=O)OC1CC(C)CCC1C(C)C. The Morgan fingerprint density at radius 1 is 1.08 bits per heavy atom. The number of amides is 1. The molecule has 6 rings (SSSR count). The topological polar surface area (TPSA) is 96.3 Å². The second-order valence-electron chi connectivity index (χ2n) is 16.7. The summed E-state index contributed by atoms with van der Waals surface area (Å²) in [6, 6.07) is 10.0. The van der Waals surface area contributed by atoms with E-state index in [4.69, 9.17) is 9.47 Å². The fourth-order valence-electron chi connectivity index (χ4n) is 9.29. The van der Waals surface area contributed by atoms with Crippen LogP contribution in [0.25, 0.3) is 0 Å². The zero-order chi connectivity index (χ0) is 36.9. The van der Waals surface area contributed by atoms with Crippen molar-refractivity contribution in [3.05, 3.63) is 68.4 Å². The highest BCUT2D eigenvalue weighted by molar-refractivity contribution is 7.14. The maximum Gasteiger partial charge on any atom is 0.410 e. The summed E-state index contributed by atoms with van der Waals surface area (Å²) >= 11 is 1.50. The number of rotatable bonds is 10. The first-order valence-electron chi connectivity index (χ1n) is 19.5. The molecule has 4 aliphatic rings. The third-order valence-corrected chi connectivity index (χ3v) is 13.6. The molecular weight excluding hydrogens is 659 g/mol. The van der Waals surface area contributed by atoms with Crippen molar-refractivity contribution in [2.75, 3.05) is 26.8 Å². The number of fused-ring (bicyclic) bond motifs is 8. The molecule has 1 amide bonds. The van der Waals surface area contributed by atoms with Crippen LogP contribution in [0.2, 0.25) is 0 Å². The lowest BCUT2D eigenvalue weighted by atomic mass is 9.64. The molecule has 51 heavy (non-hydrogen) atoms. The molecule has 0 spiro atoms. The number of carbonyl (C=O) groups is 2. The molecule has 4 aliphatic carbocycles. The van der Waals surface area contributed by atoms with Crippen LogP contribution in [0.5, 0.6) is 0 Å². The fraction of sp³-hybridized carbons (Fsp3) is 0.674. The number of allylic oxidation sites excluding steroid dienone is 2. The summed E-state index contributed by atoms with van der Waals surface area (Å²) in [5.41, 5.74) is 1.93. The van der Waals surface area contributed by atoms with E-state index in [2.05, 4.69) is 52.8 Å². The van der Waals surface area contributed by atoms with E-state index in [9.17, 15) is 19.8 Å². The number of aliphatic hydroxyl groups is 2. The van der Waals surface area contributed by atoms with E-state index in [1.165, 1.54) is 16.9 Å². The van der Waals surface area contributed by atoms with Crippen molar-refractivity contribution in [1.29, 1.82) is 0 Å². The molecule has 2 fully saturated rings. The van der Waals surface area contributed by atoms with Crippen molar-refractivity contribution in [2.24, 2.45) is 23.2 Å². The number of carbonyl (C=O) groups excluding carboxylic acids is 2. The summed E-state index contributed by atoms with van der Waals surface area (Å²) in [5, 5.41) is 23.9. The normalized spacial score (nSPS) is 30.1. The first-order chi connectivity index (χ1) is 24.2. The molecule has 2 bridgehead atoms. The Kier molecular flexibility index (Phi) is 13.3. The van der Waals surface area contributed by atoms with E-state index in [0.29, 0.717) is 79.9 Å². The molecule has 1 aromatic carbocycles. The van der Waals surface area contributed by atoms with Crippen LogP contribution in [0.1, 0.15) is 136 Å². The molecule has 8 heteroatoms. The number of hydrogen-bond acceptors (Lipinski definition) is 7. The number of methoxy groups -OCH3 is 1. The van der Waals surface area contributed by atoms with Gasteiger partial charge in [0.15, 0.2) is 0 Å². The summed E-state index contributed by atoms with van der Waals surface area (Å²) in [5.74, 6) is 1.13. The van der Waals surface area contributed by atoms with Gasteiger partial charge in [0.1, 0.15) is 6.10 Å². The van der Waals surface area contributed by atoms with E-state index in [1.54, 1.807) is 12.0 Å². The molecule has 7 atom stereocenters. The minimum atomic E-state index is -1.21. The summed E-state index contributed by atoms with van der Waals surface area (Å²) in [7, 11) is 1.67. The number of nitrogens with zero attached hydrogens (tertiary/aromatic N) is 1. The molecule has 0 saturated heterocycles. The van der Waals surface area contributed by atoms with Gasteiger partial charge >= 0.3 is 6.09 Å². The van der Waals surface area contributed by atoms with Crippen LogP contribution in [0.15, 0.2) is 42.0 Å². The molecule has 2 saturated carbocycles. The molecule has 282 valence electrons. The van der Waals surface area contributed by atoms with Crippen molar-refractivity contribution in [3.63, 3.8) is 0 Å². The van der Waals surface area contributed by atoms with Crippen LogP contribution in [-0.4, -0.2) is 71.6 Å². The van der Waals surface area contributed by atoms with Crippen molar-refractivity contribution in [2.45, 2.75) is 136 Å². The predicted octanol–water partition coefficient (Wildman–Crippen LogP) is 9.26. The van der Waals surface area contributed by atoms with Gasteiger partial charge in [-0.25, -0.2) is 4.79 Å². The van der Waals surface area contributed by atoms with Gasteiger partial charge in [-0.15, -0.1) is 11.3 Å². The number of ether oxygens (including phenoxy) is 2. The van der Waals surface area contributed by atoms with Gasteiger partial charge in [0.25, 0.3) is 0 Å². The van der Waals surface area contributed by atoms with Crippen molar-refractivity contribution < 1.29 is 29.3 Å². The minimum absolute atomic E-state index is 0.00810. The van der Waals surface area contributed by atoms with Gasteiger partial charge in [-0.1, -0.05) is 57.9 Å². The molecule has 7 unspecified atom stereocenters. The highest BCUT2D eigenvalue weighted by atomic mass is 32.1. The second kappa shape index (κ2) is 17.1. The third kappa shape index (κ3) is 9.17. The molecule has 0 radical (unpaired) electrons. The Balaban J connectivity index is 1.53. The summed E-state index contributed by atoms with van der Waals surface area (Å²) in [6.45, 7) is 14.1. The lowest BCUT2D eigenvalue weighted by Gasteiger charge is -2.46. The monoisotopic (exact) mass is 721 g/mol. The highest BCUT2D eigenvalue weighted by Gasteiger charge is 2.58. The van der Waals surface area contributed by atoms with E-state index < -0.39 is 17.1 Å². The molecular formula is C43H63NO6S. The van der Waals surface area contributed by atoms with Crippen LogP contribution in [0.3, 0.4) is 0 Å². The van der Waals surface area contributed by atoms with Crippen molar-refractivity contribution >= 4 is 23.2 Å². The fourth-order valence-corrected chi connectivity index (χ4v) is 10.1. The van der Waals surface area contributed by atoms with Crippen LogP contribution < -0.4 is 0 Å². The van der Waals surface area contributed by atoms with Gasteiger partial charge in [-0.05, 0) is 131 Å². The number of aryl methyl sites for hydroxylation is 1.